The molecule has 150 valence electrons. The Balaban J connectivity index is 1.79. The number of esters is 1. The first-order valence-electron chi connectivity index (χ1n) is 8.49. The van der Waals surface area contributed by atoms with Gasteiger partial charge in [-0.3, -0.25) is 24.3 Å². The van der Waals surface area contributed by atoms with Crippen LogP contribution in [0.1, 0.15) is 32.1 Å². The molecule has 29 heavy (non-hydrogen) atoms. The molecule has 3 aromatic rings. The standard InChI is InChI=1S/C18H18N6O5/c1-11-16(24(27)28)15(21-22(11)2)17(25)20-13-8-19-23(10-13)9-12-6-4-5-7-14(12)18(26)29-3/h4-8,10H,9H2,1-3H3,(H,20,25). The minimum Gasteiger partial charge on any atom is -0.465 e. The summed E-state index contributed by atoms with van der Waals surface area (Å²) in [5, 5.41) is 21.9. The van der Waals surface area contributed by atoms with Gasteiger partial charge in [-0.15, -0.1) is 0 Å². The van der Waals surface area contributed by atoms with E-state index >= 15 is 0 Å². The van der Waals surface area contributed by atoms with Gasteiger partial charge in [-0.2, -0.15) is 10.2 Å². The molecule has 2 aromatic heterocycles. The highest BCUT2D eigenvalue weighted by Gasteiger charge is 2.29. The van der Waals surface area contributed by atoms with Gasteiger partial charge in [-0.05, 0) is 18.6 Å². The number of methoxy groups -OCH3 is 1. The van der Waals surface area contributed by atoms with Crippen molar-refractivity contribution in [2.75, 3.05) is 12.4 Å². The van der Waals surface area contributed by atoms with Crippen LogP contribution < -0.4 is 5.32 Å². The number of carbonyl (C=O) groups is 2. The van der Waals surface area contributed by atoms with Crippen molar-refractivity contribution in [2.24, 2.45) is 7.05 Å². The number of anilines is 1. The molecular formula is C18H18N6O5. The van der Waals surface area contributed by atoms with E-state index in [1.54, 1.807) is 30.5 Å². The summed E-state index contributed by atoms with van der Waals surface area (Å²) in [6.45, 7) is 1.78. The summed E-state index contributed by atoms with van der Waals surface area (Å²) in [4.78, 5) is 35.0. The van der Waals surface area contributed by atoms with Crippen LogP contribution in [-0.2, 0) is 18.3 Å². The zero-order valence-corrected chi connectivity index (χ0v) is 15.9. The van der Waals surface area contributed by atoms with Gasteiger partial charge in [-0.25, -0.2) is 4.79 Å². The van der Waals surface area contributed by atoms with Crippen molar-refractivity contribution in [2.45, 2.75) is 13.5 Å². The van der Waals surface area contributed by atoms with E-state index in [-0.39, 0.29) is 23.6 Å². The average molecular weight is 398 g/mol. The molecule has 0 radical (unpaired) electrons. The van der Waals surface area contributed by atoms with Crippen LogP contribution in [0.25, 0.3) is 0 Å². The minimum absolute atomic E-state index is 0.268. The number of aryl methyl sites for hydroxylation is 1. The van der Waals surface area contributed by atoms with Crippen LogP contribution in [-0.4, -0.2) is 43.5 Å². The lowest BCUT2D eigenvalue weighted by Crippen LogP contribution is -2.14. The van der Waals surface area contributed by atoms with E-state index in [1.165, 1.54) is 36.6 Å². The third-order valence-corrected chi connectivity index (χ3v) is 4.35. The summed E-state index contributed by atoms with van der Waals surface area (Å²) in [6.07, 6.45) is 2.95. The molecule has 0 unspecified atom stereocenters. The SMILES string of the molecule is COC(=O)c1ccccc1Cn1cc(NC(=O)c2nn(C)c(C)c2[N+](=O)[O-])cn1. The topological polar surface area (TPSA) is 134 Å². The van der Waals surface area contributed by atoms with Gasteiger partial charge in [0.1, 0.15) is 5.69 Å². The normalized spacial score (nSPS) is 10.6. The molecule has 0 saturated heterocycles. The largest absolute Gasteiger partial charge is 0.465 e. The van der Waals surface area contributed by atoms with E-state index in [0.29, 0.717) is 16.8 Å². The van der Waals surface area contributed by atoms with Crippen molar-refractivity contribution in [3.63, 3.8) is 0 Å². The second kappa shape index (κ2) is 7.92. The molecule has 11 nitrogen and oxygen atoms in total. The van der Waals surface area contributed by atoms with Crippen LogP contribution >= 0.6 is 0 Å². The summed E-state index contributed by atoms with van der Waals surface area (Å²) >= 11 is 0. The fourth-order valence-corrected chi connectivity index (χ4v) is 2.82. The van der Waals surface area contributed by atoms with Crippen molar-refractivity contribution in [3.05, 3.63) is 69.3 Å². The van der Waals surface area contributed by atoms with E-state index in [4.69, 9.17) is 4.74 Å². The number of hydrogen-bond donors (Lipinski definition) is 1. The molecule has 0 bridgehead atoms. The third-order valence-electron chi connectivity index (χ3n) is 4.35. The molecule has 1 aromatic carbocycles. The molecule has 0 saturated carbocycles. The quantitative estimate of drug-likeness (QED) is 0.381. The summed E-state index contributed by atoms with van der Waals surface area (Å²) in [5.74, 6) is -1.17. The number of aromatic nitrogens is 4. The minimum atomic E-state index is -0.713. The highest BCUT2D eigenvalue weighted by Crippen LogP contribution is 2.23. The first kappa shape index (κ1) is 19.7. The lowest BCUT2D eigenvalue weighted by Gasteiger charge is -2.07. The van der Waals surface area contributed by atoms with Gasteiger partial charge in [0.15, 0.2) is 0 Å². The van der Waals surface area contributed by atoms with E-state index < -0.39 is 16.8 Å². The molecule has 3 rings (SSSR count). The second-order valence-electron chi connectivity index (χ2n) is 6.19. The molecule has 0 fully saturated rings. The van der Waals surface area contributed by atoms with E-state index in [0.717, 1.165) is 0 Å². The molecule has 0 aliphatic heterocycles. The van der Waals surface area contributed by atoms with Crippen molar-refractivity contribution in [1.82, 2.24) is 19.6 Å². The van der Waals surface area contributed by atoms with Crippen LogP contribution in [0.15, 0.2) is 36.7 Å². The number of carbonyl (C=O) groups excluding carboxylic acids is 2. The lowest BCUT2D eigenvalue weighted by atomic mass is 10.1. The van der Waals surface area contributed by atoms with Crippen LogP contribution in [0, 0.1) is 17.0 Å². The Morgan fingerprint density at radius 3 is 2.72 bits per heavy atom. The van der Waals surface area contributed by atoms with Gasteiger partial charge in [0.05, 0.1) is 36.0 Å². The number of hydrogen-bond acceptors (Lipinski definition) is 7. The number of nitrogens with one attached hydrogen (secondary N) is 1. The Labute approximate surface area is 165 Å². The van der Waals surface area contributed by atoms with Gasteiger partial charge in [0, 0.05) is 13.2 Å². The van der Waals surface area contributed by atoms with Gasteiger partial charge < -0.3 is 10.1 Å². The van der Waals surface area contributed by atoms with Crippen molar-refractivity contribution in [3.8, 4) is 0 Å². The Morgan fingerprint density at radius 1 is 1.31 bits per heavy atom. The Morgan fingerprint density at radius 2 is 2.03 bits per heavy atom. The zero-order valence-electron chi connectivity index (χ0n) is 15.9. The predicted molar refractivity (Wildman–Crippen MR) is 102 cm³/mol. The molecule has 1 amide bonds. The summed E-state index contributed by atoms with van der Waals surface area (Å²) in [6, 6.07) is 6.94. The summed E-state index contributed by atoms with van der Waals surface area (Å²) in [5.41, 5.74) is 1.09. The van der Waals surface area contributed by atoms with Gasteiger partial charge in [-0.1, -0.05) is 18.2 Å². The van der Waals surface area contributed by atoms with Crippen LogP contribution in [0.4, 0.5) is 11.4 Å². The van der Waals surface area contributed by atoms with Crippen LogP contribution in [0.2, 0.25) is 0 Å². The molecule has 0 spiro atoms. The molecule has 0 aliphatic carbocycles. The van der Waals surface area contributed by atoms with Crippen molar-refractivity contribution >= 4 is 23.3 Å². The maximum absolute atomic E-state index is 12.5. The fraction of sp³-hybridized carbons (Fsp3) is 0.222. The van der Waals surface area contributed by atoms with E-state index in [2.05, 4.69) is 15.5 Å². The van der Waals surface area contributed by atoms with Gasteiger partial charge in [0.2, 0.25) is 5.69 Å². The van der Waals surface area contributed by atoms with Crippen LogP contribution in [0.5, 0.6) is 0 Å². The molecule has 0 aliphatic rings. The number of benzene rings is 1. The Bertz CT molecular complexity index is 1100. The first-order chi connectivity index (χ1) is 13.8. The zero-order chi connectivity index (χ0) is 21.1. The lowest BCUT2D eigenvalue weighted by molar-refractivity contribution is -0.385. The van der Waals surface area contributed by atoms with Crippen LogP contribution in [0.3, 0.4) is 0 Å². The molecule has 0 atom stereocenters. The van der Waals surface area contributed by atoms with E-state index in [1.807, 2.05) is 0 Å². The number of nitrogens with zero attached hydrogens (tertiary/aromatic N) is 5. The third kappa shape index (κ3) is 3.98. The Hall–Kier alpha value is -4.02. The summed E-state index contributed by atoms with van der Waals surface area (Å²) in [7, 11) is 2.83. The molecule has 2 heterocycles. The highest BCUT2D eigenvalue weighted by atomic mass is 16.6. The fourth-order valence-electron chi connectivity index (χ4n) is 2.82. The molecule has 11 heteroatoms. The Kier molecular flexibility index (Phi) is 5.39. The van der Waals surface area contributed by atoms with Crippen molar-refractivity contribution < 1.29 is 19.2 Å². The molecule has 1 N–H and O–H groups in total. The van der Waals surface area contributed by atoms with E-state index in [9.17, 15) is 19.7 Å². The van der Waals surface area contributed by atoms with Gasteiger partial charge >= 0.3 is 11.7 Å². The van der Waals surface area contributed by atoms with Gasteiger partial charge in [0.25, 0.3) is 5.91 Å². The maximum Gasteiger partial charge on any atom is 0.338 e. The van der Waals surface area contributed by atoms with Crippen molar-refractivity contribution in [1.29, 1.82) is 0 Å². The smallest absolute Gasteiger partial charge is 0.338 e. The summed E-state index contributed by atoms with van der Waals surface area (Å²) < 4.78 is 7.58. The number of rotatable bonds is 6. The molecular weight excluding hydrogens is 380 g/mol. The average Bonchev–Trinajstić information content (AvgIpc) is 3.25. The number of ether oxygens (including phenoxy) is 1. The maximum atomic E-state index is 12.5. The number of amides is 1. The second-order valence-corrected chi connectivity index (χ2v) is 6.19. The first-order valence-corrected chi connectivity index (χ1v) is 8.49. The number of nitro groups is 1. The monoisotopic (exact) mass is 398 g/mol. The highest BCUT2D eigenvalue weighted by molar-refractivity contribution is 6.05. The predicted octanol–water partition coefficient (Wildman–Crippen LogP) is 1.92.